The third-order valence-corrected chi connectivity index (χ3v) is 5.14. The largest absolute Gasteiger partial charge is 0.328 e. The summed E-state index contributed by atoms with van der Waals surface area (Å²) in [6.07, 6.45) is 4.75. The van der Waals surface area contributed by atoms with Gasteiger partial charge in [-0.2, -0.15) is 0 Å². The van der Waals surface area contributed by atoms with Crippen LogP contribution in [0, 0.1) is 6.92 Å². The quantitative estimate of drug-likeness (QED) is 0.763. The number of anilines is 3. The van der Waals surface area contributed by atoms with Crippen LogP contribution in [0.25, 0.3) is 11.1 Å². The van der Waals surface area contributed by atoms with Gasteiger partial charge in [-0.15, -0.1) is 0 Å². The van der Waals surface area contributed by atoms with Gasteiger partial charge < -0.3 is 14.8 Å². The molecule has 1 amide bonds. The third-order valence-electron chi connectivity index (χ3n) is 5.14. The number of hydrogen-bond acceptors (Lipinski definition) is 4. The standard InChI is InChI=1S/C22H22N4O2/c1-14-10-17(13-25(2)22(14)28)16-11-15-7-8-20(27)24-21(15)18(12-16)26(3)19-6-4-5-9-23-19/h4-6,9-13H,7-8H2,1-3H3,(H,24,27). The van der Waals surface area contributed by atoms with Crippen molar-refractivity contribution in [3.05, 3.63) is 70.3 Å². The summed E-state index contributed by atoms with van der Waals surface area (Å²) >= 11 is 0. The fourth-order valence-corrected chi connectivity index (χ4v) is 3.62. The lowest BCUT2D eigenvalue weighted by molar-refractivity contribution is -0.116. The van der Waals surface area contributed by atoms with Gasteiger partial charge in [-0.3, -0.25) is 9.59 Å². The molecule has 28 heavy (non-hydrogen) atoms. The van der Waals surface area contributed by atoms with Crippen molar-refractivity contribution in [1.29, 1.82) is 0 Å². The lowest BCUT2D eigenvalue weighted by Crippen LogP contribution is -2.23. The highest BCUT2D eigenvalue weighted by molar-refractivity contribution is 5.99. The number of amides is 1. The van der Waals surface area contributed by atoms with Crippen LogP contribution >= 0.6 is 0 Å². The van der Waals surface area contributed by atoms with Crippen molar-refractivity contribution >= 4 is 23.1 Å². The van der Waals surface area contributed by atoms with Gasteiger partial charge in [-0.1, -0.05) is 6.07 Å². The summed E-state index contributed by atoms with van der Waals surface area (Å²) in [6, 6.07) is 11.8. The van der Waals surface area contributed by atoms with Gasteiger partial charge in [0.05, 0.1) is 11.4 Å². The van der Waals surface area contributed by atoms with Gasteiger partial charge in [-0.25, -0.2) is 4.98 Å². The number of nitrogens with one attached hydrogen (secondary N) is 1. The first-order valence-corrected chi connectivity index (χ1v) is 9.23. The second kappa shape index (κ2) is 6.96. The van der Waals surface area contributed by atoms with E-state index in [-0.39, 0.29) is 11.5 Å². The summed E-state index contributed by atoms with van der Waals surface area (Å²) < 4.78 is 1.61. The summed E-state index contributed by atoms with van der Waals surface area (Å²) in [4.78, 5) is 30.5. The second-order valence-corrected chi connectivity index (χ2v) is 7.15. The molecule has 0 spiro atoms. The Balaban J connectivity index is 1.91. The summed E-state index contributed by atoms with van der Waals surface area (Å²) in [5, 5.41) is 3.03. The number of hydrogen-bond donors (Lipinski definition) is 1. The van der Waals surface area contributed by atoms with E-state index in [1.165, 1.54) is 0 Å². The number of aromatic nitrogens is 2. The molecular weight excluding hydrogens is 352 g/mol. The van der Waals surface area contributed by atoms with Crippen LogP contribution in [0.1, 0.15) is 17.5 Å². The Bertz CT molecular complexity index is 1090. The van der Waals surface area contributed by atoms with Gasteiger partial charge in [0, 0.05) is 38.5 Å². The van der Waals surface area contributed by atoms with Crippen molar-refractivity contribution in [3.8, 4) is 11.1 Å². The van der Waals surface area contributed by atoms with Crippen molar-refractivity contribution in [2.45, 2.75) is 19.8 Å². The van der Waals surface area contributed by atoms with E-state index in [1.54, 1.807) is 17.8 Å². The Morgan fingerprint density at radius 3 is 2.64 bits per heavy atom. The molecule has 0 saturated heterocycles. The number of rotatable bonds is 3. The minimum Gasteiger partial charge on any atom is -0.328 e. The zero-order chi connectivity index (χ0) is 19.8. The molecule has 1 aliphatic heterocycles. The lowest BCUT2D eigenvalue weighted by Gasteiger charge is -2.27. The smallest absolute Gasteiger partial charge is 0.253 e. The molecule has 142 valence electrons. The summed E-state index contributed by atoms with van der Waals surface area (Å²) in [7, 11) is 3.70. The van der Waals surface area contributed by atoms with Gasteiger partial charge >= 0.3 is 0 Å². The van der Waals surface area contributed by atoms with Crippen LogP contribution in [0.3, 0.4) is 0 Å². The van der Waals surface area contributed by atoms with E-state index in [4.69, 9.17) is 0 Å². The Morgan fingerprint density at radius 1 is 1.11 bits per heavy atom. The topological polar surface area (TPSA) is 67.2 Å². The van der Waals surface area contributed by atoms with Gasteiger partial charge in [0.15, 0.2) is 0 Å². The molecule has 0 bridgehead atoms. The van der Waals surface area contributed by atoms with Crippen LogP contribution < -0.4 is 15.8 Å². The molecular formula is C22H22N4O2. The molecule has 1 aromatic carbocycles. The Morgan fingerprint density at radius 2 is 1.93 bits per heavy atom. The van der Waals surface area contributed by atoms with Gasteiger partial charge in [-0.05, 0) is 60.4 Å². The molecule has 1 aliphatic rings. The normalized spacial score (nSPS) is 13.0. The van der Waals surface area contributed by atoms with Crippen LogP contribution in [-0.2, 0) is 18.3 Å². The highest BCUT2D eigenvalue weighted by Crippen LogP contribution is 2.39. The van der Waals surface area contributed by atoms with Crippen LogP contribution in [0.15, 0.2) is 53.6 Å². The van der Waals surface area contributed by atoms with E-state index < -0.39 is 0 Å². The molecule has 3 heterocycles. The molecule has 4 rings (SSSR count). The average molecular weight is 374 g/mol. The van der Waals surface area contributed by atoms with Crippen LogP contribution in [0.5, 0.6) is 0 Å². The van der Waals surface area contributed by atoms with Gasteiger partial charge in [0.25, 0.3) is 5.56 Å². The fourth-order valence-electron chi connectivity index (χ4n) is 3.62. The molecule has 6 heteroatoms. The van der Waals surface area contributed by atoms with E-state index in [2.05, 4.69) is 16.4 Å². The zero-order valence-electron chi connectivity index (χ0n) is 16.2. The van der Waals surface area contributed by atoms with Crippen molar-refractivity contribution in [2.75, 3.05) is 17.3 Å². The predicted molar refractivity (Wildman–Crippen MR) is 111 cm³/mol. The Labute approximate surface area is 163 Å². The first-order chi connectivity index (χ1) is 13.4. The van der Waals surface area contributed by atoms with E-state index in [0.29, 0.717) is 18.4 Å². The fraction of sp³-hybridized carbons (Fsp3) is 0.227. The maximum Gasteiger partial charge on any atom is 0.253 e. The number of carbonyl (C=O) groups is 1. The van der Waals surface area contributed by atoms with E-state index in [0.717, 1.165) is 33.9 Å². The third kappa shape index (κ3) is 3.17. The molecule has 0 unspecified atom stereocenters. The first kappa shape index (κ1) is 18.0. The number of fused-ring (bicyclic) bond motifs is 1. The minimum atomic E-state index is -0.000185. The van der Waals surface area contributed by atoms with E-state index in [1.807, 2.05) is 55.4 Å². The van der Waals surface area contributed by atoms with E-state index >= 15 is 0 Å². The van der Waals surface area contributed by atoms with Crippen molar-refractivity contribution in [3.63, 3.8) is 0 Å². The molecule has 0 aliphatic carbocycles. The molecule has 0 atom stereocenters. The van der Waals surface area contributed by atoms with Crippen molar-refractivity contribution in [1.82, 2.24) is 9.55 Å². The van der Waals surface area contributed by atoms with Crippen LogP contribution in [0.2, 0.25) is 0 Å². The Kier molecular flexibility index (Phi) is 4.47. The first-order valence-electron chi connectivity index (χ1n) is 9.23. The van der Waals surface area contributed by atoms with Crippen molar-refractivity contribution < 1.29 is 4.79 Å². The molecule has 1 N–H and O–H groups in total. The SMILES string of the molecule is Cc1cc(-c2cc3c(c(N(C)c4ccccn4)c2)NC(=O)CC3)cn(C)c1=O. The number of aryl methyl sites for hydroxylation is 3. The highest BCUT2D eigenvalue weighted by atomic mass is 16.1. The maximum absolute atomic E-state index is 12.1. The maximum atomic E-state index is 12.1. The summed E-state index contributed by atoms with van der Waals surface area (Å²) in [6.45, 7) is 1.82. The zero-order valence-corrected chi connectivity index (χ0v) is 16.2. The van der Waals surface area contributed by atoms with Crippen LogP contribution in [0.4, 0.5) is 17.2 Å². The molecule has 0 fully saturated rings. The van der Waals surface area contributed by atoms with E-state index in [9.17, 15) is 9.59 Å². The number of nitrogens with zero attached hydrogens (tertiary/aromatic N) is 3. The van der Waals surface area contributed by atoms with Crippen LogP contribution in [-0.4, -0.2) is 22.5 Å². The molecule has 0 radical (unpaired) electrons. The second-order valence-electron chi connectivity index (χ2n) is 7.15. The van der Waals surface area contributed by atoms with Crippen molar-refractivity contribution in [2.24, 2.45) is 7.05 Å². The molecule has 0 saturated carbocycles. The number of carbonyl (C=O) groups excluding carboxylic acids is 1. The number of pyridine rings is 2. The minimum absolute atomic E-state index is 0.000185. The average Bonchev–Trinajstić information content (AvgIpc) is 2.71. The molecule has 3 aromatic rings. The Hall–Kier alpha value is -3.41. The lowest BCUT2D eigenvalue weighted by atomic mass is 9.95. The van der Waals surface area contributed by atoms with Gasteiger partial charge in [0.2, 0.25) is 5.91 Å². The molecule has 2 aromatic heterocycles. The predicted octanol–water partition coefficient (Wildman–Crippen LogP) is 3.41. The summed E-state index contributed by atoms with van der Waals surface area (Å²) in [5.74, 6) is 0.812. The molecule has 6 nitrogen and oxygen atoms in total. The monoisotopic (exact) mass is 374 g/mol. The van der Waals surface area contributed by atoms with Gasteiger partial charge in [0.1, 0.15) is 5.82 Å². The summed E-state index contributed by atoms with van der Waals surface area (Å²) in [5.41, 5.74) is 5.47. The number of benzene rings is 1. The highest BCUT2D eigenvalue weighted by Gasteiger charge is 2.22.